The van der Waals surface area contributed by atoms with Gasteiger partial charge in [-0.25, -0.2) is 0 Å². The van der Waals surface area contributed by atoms with E-state index in [2.05, 4.69) is 10.3 Å². The average Bonchev–Trinajstić information content (AvgIpc) is 2.40. The van der Waals surface area contributed by atoms with Crippen LogP contribution in [-0.2, 0) is 0 Å². The number of carbonyl (C=O) groups is 1. The second-order valence-electron chi connectivity index (χ2n) is 4.06. The Morgan fingerprint density at radius 3 is 2.56 bits per heavy atom. The molecule has 4 heteroatoms. The van der Waals surface area contributed by atoms with Crippen molar-refractivity contribution < 1.29 is 4.79 Å². The number of pyridine rings is 1. The number of rotatable bonds is 3. The van der Waals surface area contributed by atoms with E-state index in [1.807, 2.05) is 19.1 Å². The van der Waals surface area contributed by atoms with E-state index in [-0.39, 0.29) is 11.9 Å². The molecule has 0 spiro atoms. The minimum absolute atomic E-state index is 0.0832. The summed E-state index contributed by atoms with van der Waals surface area (Å²) in [7, 11) is 0. The summed E-state index contributed by atoms with van der Waals surface area (Å²) in [4.78, 5) is 16.0. The molecule has 0 bridgehead atoms. The lowest BCUT2D eigenvalue weighted by Crippen LogP contribution is -2.27. The van der Waals surface area contributed by atoms with Gasteiger partial charge in [-0.15, -0.1) is 0 Å². The van der Waals surface area contributed by atoms with Crippen LogP contribution in [0.25, 0.3) is 0 Å². The maximum Gasteiger partial charge on any atom is 0.253 e. The third kappa shape index (κ3) is 2.66. The first-order valence-electron chi connectivity index (χ1n) is 5.74. The van der Waals surface area contributed by atoms with Crippen LogP contribution in [0.2, 0.25) is 0 Å². The quantitative estimate of drug-likeness (QED) is 0.809. The van der Waals surface area contributed by atoms with Crippen LogP contribution in [0.15, 0.2) is 48.8 Å². The molecule has 1 heterocycles. The van der Waals surface area contributed by atoms with Crippen molar-refractivity contribution in [3.8, 4) is 0 Å². The molecule has 0 radical (unpaired) electrons. The minimum Gasteiger partial charge on any atom is -0.398 e. The van der Waals surface area contributed by atoms with Gasteiger partial charge in [-0.1, -0.05) is 12.1 Å². The van der Waals surface area contributed by atoms with Gasteiger partial charge in [0, 0.05) is 18.1 Å². The smallest absolute Gasteiger partial charge is 0.253 e. The highest BCUT2D eigenvalue weighted by Crippen LogP contribution is 2.14. The second-order valence-corrected chi connectivity index (χ2v) is 4.06. The number of carbonyl (C=O) groups excluding carboxylic acids is 1. The van der Waals surface area contributed by atoms with E-state index in [1.165, 1.54) is 0 Å². The lowest BCUT2D eigenvalue weighted by atomic mass is 10.1. The Hall–Kier alpha value is -2.36. The predicted molar refractivity (Wildman–Crippen MR) is 71.0 cm³/mol. The molecule has 1 aromatic carbocycles. The van der Waals surface area contributed by atoms with Crippen molar-refractivity contribution in [3.05, 3.63) is 59.9 Å². The summed E-state index contributed by atoms with van der Waals surface area (Å²) in [5, 5.41) is 2.91. The number of nitrogens with zero attached hydrogens (tertiary/aromatic N) is 1. The van der Waals surface area contributed by atoms with Gasteiger partial charge in [0.05, 0.1) is 11.6 Å². The maximum absolute atomic E-state index is 12.0. The molecule has 0 aliphatic heterocycles. The number of aromatic nitrogens is 1. The van der Waals surface area contributed by atoms with Crippen molar-refractivity contribution >= 4 is 11.6 Å². The Kier molecular flexibility index (Phi) is 3.57. The van der Waals surface area contributed by atoms with Gasteiger partial charge in [-0.3, -0.25) is 9.78 Å². The molecule has 0 aliphatic carbocycles. The monoisotopic (exact) mass is 241 g/mol. The van der Waals surface area contributed by atoms with Crippen molar-refractivity contribution in [1.29, 1.82) is 0 Å². The van der Waals surface area contributed by atoms with Crippen LogP contribution in [0.5, 0.6) is 0 Å². The van der Waals surface area contributed by atoms with Gasteiger partial charge in [0.25, 0.3) is 5.91 Å². The SMILES string of the molecule is C[C@@H](NC(=O)c1ccccc1N)c1ccncc1. The molecule has 0 unspecified atom stereocenters. The van der Waals surface area contributed by atoms with E-state index in [0.717, 1.165) is 5.56 Å². The van der Waals surface area contributed by atoms with Crippen LogP contribution in [0.4, 0.5) is 5.69 Å². The van der Waals surface area contributed by atoms with Crippen molar-refractivity contribution in [2.45, 2.75) is 13.0 Å². The van der Waals surface area contributed by atoms with Gasteiger partial charge in [-0.05, 0) is 36.8 Å². The van der Waals surface area contributed by atoms with Crippen LogP contribution >= 0.6 is 0 Å². The fourth-order valence-corrected chi connectivity index (χ4v) is 1.71. The summed E-state index contributed by atoms with van der Waals surface area (Å²) in [6.07, 6.45) is 3.41. The van der Waals surface area contributed by atoms with Gasteiger partial charge >= 0.3 is 0 Å². The summed E-state index contributed by atoms with van der Waals surface area (Å²) in [5.74, 6) is -0.169. The zero-order valence-electron chi connectivity index (χ0n) is 10.1. The number of para-hydroxylation sites is 1. The Morgan fingerprint density at radius 2 is 1.89 bits per heavy atom. The van der Waals surface area contributed by atoms with Crippen molar-refractivity contribution in [2.75, 3.05) is 5.73 Å². The molecule has 1 amide bonds. The minimum atomic E-state index is -0.169. The van der Waals surface area contributed by atoms with Gasteiger partial charge in [0.2, 0.25) is 0 Å². The number of hydrogen-bond donors (Lipinski definition) is 2. The Labute approximate surface area is 106 Å². The molecule has 18 heavy (non-hydrogen) atoms. The van der Waals surface area contributed by atoms with Crippen molar-refractivity contribution in [3.63, 3.8) is 0 Å². The zero-order valence-corrected chi connectivity index (χ0v) is 10.1. The predicted octanol–water partition coefficient (Wildman–Crippen LogP) is 2.15. The van der Waals surface area contributed by atoms with E-state index in [9.17, 15) is 4.79 Å². The average molecular weight is 241 g/mol. The number of nitrogen functional groups attached to an aromatic ring is 1. The zero-order chi connectivity index (χ0) is 13.0. The Morgan fingerprint density at radius 1 is 1.22 bits per heavy atom. The highest BCUT2D eigenvalue weighted by molar-refractivity contribution is 5.99. The Bertz CT molecular complexity index is 540. The lowest BCUT2D eigenvalue weighted by Gasteiger charge is -2.14. The van der Waals surface area contributed by atoms with Crippen LogP contribution in [0.3, 0.4) is 0 Å². The molecule has 3 N–H and O–H groups in total. The third-order valence-electron chi connectivity index (χ3n) is 2.76. The van der Waals surface area contributed by atoms with Gasteiger partial charge in [0.1, 0.15) is 0 Å². The standard InChI is InChI=1S/C14H15N3O/c1-10(11-6-8-16-9-7-11)17-14(18)12-4-2-3-5-13(12)15/h2-10H,15H2,1H3,(H,17,18)/t10-/m1/s1. The summed E-state index contributed by atoms with van der Waals surface area (Å²) in [6, 6.07) is 10.7. The van der Waals surface area contributed by atoms with Gasteiger partial charge < -0.3 is 11.1 Å². The van der Waals surface area contributed by atoms with Crippen LogP contribution in [-0.4, -0.2) is 10.9 Å². The highest BCUT2D eigenvalue weighted by atomic mass is 16.1. The fourth-order valence-electron chi connectivity index (χ4n) is 1.71. The molecule has 0 aliphatic rings. The number of nitrogens with one attached hydrogen (secondary N) is 1. The van der Waals surface area contributed by atoms with E-state index in [0.29, 0.717) is 11.3 Å². The van der Waals surface area contributed by atoms with E-state index >= 15 is 0 Å². The van der Waals surface area contributed by atoms with E-state index in [4.69, 9.17) is 5.73 Å². The normalized spacial score (nSPS) is 11.8. The van der Waals surface area contributed by atoms with Crippen molar-refractivity contribution in [1.82, 2.24) is 10.3 Å². The van der Waals surface area contributed by atoms with Crippen LogP contribution in [0, 0.1) is 0 Å². The molecule has 1 atom stereocenters. The number of nitrogens with two attached hydrogens (primary N) is 1. The molecular formula is C14H15N3O. The number of benzene rings is 1. The number of hydrogen-bond acceptors (Lipinski definition) is 3. The first kappa shape index (κ1) is 12.1. The molecule has 4 nitrogen and oxygen atoms in total. The largest absolute Gasteiger partial charge is 0.398 e. The molecule has 1 aromatic heterocycles. The number of amides is 1. The first-order valence-corrected chi connectivity index (χ1v) is 5.74. The molecule has 0 fully saturated rings. The van der Waals surface area contributed by atoms with Crippen LogP contribution < -0.4 is 11.1 Å². The number of anilines is 1. The third-order valence-corrected chi connectivity index (χ3v) is 2.76. The maximum atomic E-state index is 12.0. The first-order chi connectivity index (χ1) is 8.68. The van der Waals surface area contributed by atoms with E-state index in [1.54, 1.807) is 36.7 Å². The molecule has 0 saturated heterocycles. The highest BCUT2D eigenvalue weighted by Gasteiger charge is 2.12. The van der Waals surface area contributed by atoms with Gasteiger partial charge in [-0.2, -0.15) is 0 Å². The summed E-state index contributed by atoms with van der Waals surface area (Å²) < 4.78 is 0. The fraction of sp³-hybridized carbons (Fsp3) is 0.143. The van der Waals surface area contributed by atoms with E-state index < -0.39 is 0 Å². The summed E-state index contributed by atoms with van der Waals surface area (Å²) in [5.41, 5.74) is 7.75. The summed E-state index contributed by atoms with van der Waals surface area (Å²) in [6.45, 7) is 1.92. The second kappa shape index (κ2) is 5.31. The topological polar surface area (TPSA) is 68.0 Å². The molecule has 2 aromatic rings. The van der Waals surface area contributed by atoms with Crippen LogP contribution in [0.1, 0.15) is 28.9 Å². The van der Waals surface area contributed by atoms with Gasteiger partial charge in [0.15, 0.2) is 0 Å². The Balaban J connectivity index is 2.11. The molecule has 2 rings (SSSR count). The molecule has 0 saturated carbocycles. The molecular weight excluding hydrogens is 226 g/mol. The summed E-state index contributed by atoms with van der Waals surface area (Å²) >= 11 is 0. The van der Waals surface area contributed by atoms with Crippen molar-refractivity contribution in [2.24, 2.45) is 0 Å². The molecule has 92 valence electrons. The lowest BCUT2D eigenvalue weighted by molar-refractivity contribution is 0.0941.